The van der Waals surface area contributed by atoms with Crippen molar-refractivity contribution in [1.82, 2.24) is 5.32 Å². The Kier molecular flexibility index (Phi) is 7.52. The summed E-state index contributed by atoms with van der Waals surface area (Å²) in [7, 11) is 0. The van der Waals surface area contributed by atoms with Crippen LogP contribution in [-0.2, 0) is 11.3 Å². The third kappa shape index (κ3) is 4.68. The predicted octanol–water partition coefficient (Wildman–Crippen LogP) is 7.48. The van der Waals surface area contributed by atoms with E-state index in [2.05, 4.69) is 56.4 Å². The minimum absolute atomic E-state index is 0.560. The van der Waals surface area contributed by atoms with Crippen molar-refractivity contribution in [2.45, 2.75) is 97.6 Å². The van der Waals surface area contributed by atoms with Gasteiger partial charge in [0.15, 0.2) is 0 Å². The molecule has 0 spiro atoms. The molecule has 1 aromatic rings. The van der Waals surface area contributed by atoms with E-state index in [-0.39, 0.29) is 0 Å². The van der Waals surface area contributed by atoms with Crippen LogP contribution in [-0.4, -0.2) is 19.3 Å². The maximum Gasteiger partial charge on any atom is 0.0494 e. The van der Waals surface area contributed by atoms with Gasteiger partial charge in [0.25, 0.3) is 0 Å². The van der Waals surface area contributed by atoms with Crippen LogP contribution in [0, 0.1) is 46.8 Å². The zero-order valence-corrected chi connectivity index (χ0v) is 21.6. The zero-order valence-electron chi connectivity index (χ0n) is 21.6. The average molecular weight is 452 g/mol. The molecule has 0 amide bonds. The van der Waals surface area contributed by atoms with Crippen LogP contribution in [0.25, 0.3) is 0 Å². The number of nitrogens with one attached hydrogen (secondary N) is 1. The molecule has 0 saturated heterocycles. The van der Waals surface area contributed by atoms with Crippen LogP contribution in [0.4, 0.5) is 0 Å². The molecule has 0 aliphatic heterocycles. The first kappa shape index (κ1) is 23.9. The molecule has 33 heavy (non-hydrogen) atoms. The first-order valence-electron chi connectivity index (χ1n) is 14.5. The molecule has 4 fully saturated rings. The molecule has 4 aliphatic carbocycles. The molecule has 4 saturated carbocycles. The first-order chi connectivity index (χ1) is 16.1. The molecule has 2 nitrogen and oxygen atoms in total. The Balaban J connectivity index is 1.23. The number of ether oxygens (including phenoxy) is 1. The molecule has 9 atom stereocenters. The third-order valence-corrected chi connectivity index (χ3v) is 11.0. The lowest BCUT2D eigenvalue weighted by Gasteiger charge is -2.57. The lowest BCUT2D eigenvalue weighted by atomic mass is 9.49. The summed E-state index contributed by atoms with van der Waals surface area (Å²) in [6.45, 7) is 10.2. The maximum absolute atomic E-state index is 5.82. The Bertz CT molecular complexity index is 749. The molecule has 0 radical (unpaired) electrons. The number of hydrogen-bond acceptors (Lipinski definition) is 2. The summed E-state index contributed by atoms with van der Waals surface area (Å²) in [4.78, 5) is 0. The highest BCUT2D eigenvalue weighted by atomic mass is 16.5. The lowest BCUT2D eigenvalue weighted by Crippen LogP contribution is -2.51. The smallest absolute Gasteiger partial charge is 0.0494 e. The van der Waals surface area contributed by atoms with E-state index in [1.807, 2.05) is 0 Å². The van der Waals surface area contributed by atoms with Crippen molar-refractivity contribution < 1.29 is 4.74 Å². The van der Waals surface area contributed by atoms with Gasteiger partial charge in [-0.05, 0) is 124 Å². The van der Waals surface area contributed by atoms with E-state index in [1.165, 1.54) is 69.8 Å². The summed E-state index contributed by atoms with van der Waals surface area (Å²) < 4.78 is 5.82. The highest BCUT2D eigenvalue weighted by Crippen LogP contribution is 2.65. The predicted molar refractivity (Wildman–Crippen MR) is 138 cm³/mol. The number of hydrogen-bond donors (Lipinski definition) is 1. The van der Waals surface area contributed by atoms with Crippen molar-refractivity contribution in [2.75, 3.05) is 13.2 Å². The minimum Gasteiger partial charge on any atom is -0.381 e. The average Bonchev–Trinajstić information content (AvgIpc) is 3.20. The van der Waals surface area contributed by atoms with Gasteiger partial charge in [-0.25, -0.2) is 0 Å². The summed E-state index contributed by atoms with van der Waals surface area (Å²) in [6.07, 6.45) is 14.6. The van der Waals surface area contributed by atoms with Gasteiger partial charge in [0, 0.05) is 25.8 Å². The van der Waals surface area contributed by atoms with Crippen LogP contribution in [0.2, 0.25) is 0 Å². The fourth-order valence-electron chi connectivity index (χ4n) is 9.50. The van der Waals surface area contributed by atoms with E-state index in [0.29, 0.717) is 11.5 Å². The normalized spacial score (nSPS) is 41.1. The van der Waals surface area contributed by atoms with Crippen LogP contribution in [0.3, 0.4) is 0 Å². The molecular weight excluding hydrogens is 402 g/mol. The fourth-order valence-corrected chi connectivity index (χ4v) is 9.50. The van der Waals surface area contributed by atoms with Crippen molar-refractivity contribution in [3.05, 3.63) is 35.9 Å². The zero-order chi connectivity index (χ0) is 22.8. The van der Waals surface area contributed by atoms with E-state index >= 15 is 0 Å². The quantitative estimate of drug-likeness (QED) is 0.442. The van der Waals surface area contributed by atoms with E-state index in [1.54, 1.807) is 0 Å². The number of rotatable bonds is 8. The standard InChI is InChI=1S/C31H49NO/c1-4-30(32-20-22-9-7-6-8-10-22)29-16-15-28-27-14-12-24-19-23(21-33-5-2)11-13-25(24)26(27)17-18-31(28,29)3/h6-10,23-30,32H,4-5,11-21H2,1-3H3/t23-,24+,25-,26+,27+,28-,29+,30?,31-/m0/s1. The second kappa shape index (κ2) is 10.4. The Morgan fingerprint density at radius 2 is 1.76 bits per heavy atom. The summed E-state index contributed by atoms with van der Waals surface area (Å²) >= 11 is 0. The second-order valence-electron chi connectivity index (χ2n) is 12.4. The Morgan fingerprint density at radius 1 is 0.939 bits per heavy atom. The molecule has 1 aromatic carbocycles. The molecule has 2 heteroatoms. The van der Waals surface area contributed by atoms with Gasteiger partial charge in [0.05, 0.1) is 0 Å². The first-order valence-corrected chi connectivity index (χ1v) is 14.5. The summed E-state index contributed by atoms with van der Waals surface area (Å²) in [5.74, 6) is 6.77. The van der Waals surface area contributed by atoms with Crippen molar-refractivity contribution in [2.24, 2.45) is 46.8 Å². The van der Waals surface area contributed by atoms with Gasteiger partial charge in [-0.15, -0.1) is 0 Å². The summed E-state index contributed by atoms with van der Waals surface area (Å²) in [5.41, 5.74) is 1.99. The second-order valence-corrected chi connectivity index (χ2v) is 12.4. The van der Waals surface area contributed by atoms with Gasteiger partial charge in [-0.2, -0.15) is 0 Å². The maximum atomic E-state index is 5.82. The molecule has 0 aromatic heterocycles. The molecular formula is C31H49NO. The lowest BCUT2D eigenvalue weighted by molar-refractivity contribution is -0.0762. The molecule has 0 bridgehead atoms. The summed E-state index contributed by atoms with van der Waals surface area (Å²) in [6, 6.07) is 11.7. The van der Waals surface area contributed by atoms with Crippen LogP contribution in [0.15, 0.2) is 30.3 Å². The highest BCUT2D eigenvalue weighted by Gasteiger charge is 2.57. The molecule has 1 N–H and O–H groups in total. The largest absolute Gasteiger partial charge is 0.381 e. The van der Waals surface area contributed by atoms with Gasteiger partial charge in [0.2, 0.25) is 0 Å². The Hall–Kier alpha value is -0.860. The topological polar surface area (TPSA) is 21.3 Å². The third-order valence-electron chi connectivity index (χ3n) is 11.0. The van der Waals surface area contributed by atoms with Crippen molar-refractivity contribution in [3.63, 3.8) is 0 Å². The van der Waals surface area contributed by atoms with E-state index < -0.39 is 0 Å². The monoisotopic (exact) mass is 451 g/mol. The molecule has 184 valence electrons. The Morgan fingerprint density at radius 3 is 2.55 bits per heavy atom. The van der Waals surface area contributed by atoms with Gasteiger partial charge >= 0.3 is 0 Å². The van der Waals surface area contributed by atoms with E-state index in [0.717, 1.165) is 61.2 Å². The van der Waals surface area contributed by atoms with Crippen molar-refractivity contribution in [1.29, 1.82) is 0 Å². The van der Waals surface area contributed by atoms with Gasteiger partial charge in [0.1, 0.15) is 0 Å². The Labute approximate surface area is 203 Å². The van der Waals surface area contributed by atoms with Crippen molar-refractivity contribution >= 4 is 0 Å². The van der Waals surface area contributed by atoms with E-state index in [4.69, 9.17) is 4.74 Å². The number of benzene rings is 1. The van der Waals surface area contributed by atoms with Crippen LogP contribution >= 0.6 is 0 Å². The number of fused-ring (bicyclic) bond motifs is 5. The highest BCUT2D eigenvalue weighted by molar-refractivity contribution is 5.15. The fraction of sp³-hybridized carbons (Fsp3) is 0.806. The van der Waals surface area contributed by atoms with Crippen LogP contribution < -0.4 is 5.32 Å². The molecule has 1 unspecified atom stereocenters. The van der Waals surface area contributed by atoms with Crippen molar-refractivity contribution in [3.8, 4) is 0 Å². The SMILES string of the molecule is CCOC[C@H]1CC[C@H]2[C@H](CC[C@@H]3[C@@H]2CC[C@]2(C)[C@@H](C(CC)NCc4ccccc4)CC[C@@H]32)C1. The summed E-state index contributed by atoms with van der Waals surface area (Å²) in [5, 5.41) is 4.01. The van der Waals surface area contributed by atoms with Crippen LogP contribution in [0.5, 0.6) is 0 Å². The van der Waals surface area contributed by atoms with Gasteiger partial charge < -0.3 is 10.1 Å². The minimum atomic E-state index is 0.560. The molecule has 5 rings (SSSR count). The van der Waals surface area contributed by atoms with Gasteiger partial charge in [-0.3, -0.25) is 0 Å². The van der Waals surface area contributed by atoms with Gasteiger partial charge in [-0.1, -0.05) is 44.2 Å². The molecule has 4 aliphatic rings. The van der Waals surface area contributed by atoms with Crippen LogP contribution in [0.1, 0.15) is 90.5 Å². The molecule has 0 heterocycles. The van der Waals surface area contributed by atoms with E-state index in [9.17, 15) is 0 Å².